The Morgan fingerprint density at radius 2 is 2.24 bits per heavy atom. The minimum absolute atomic E-state index is 0.0953. The number of rotatable bonds is 5. The van der Waals surface area contributed by atoms with Crippen molar-refractivity contribution in [1.82, 2.24) is 9.88 Å². The van der Waals surface area contributed by atoms with Crippen LogP contribution in [0.15, 0.2) is 43.1 Å². The van der Waals surface area contributed by atoms with Gasteiger partial charge in [0.2, 0.25) is 0 Å². The molecule has 1 aromatic carbocycles. The zero-order valence-corrected chi connectivity index (χ0v) is 15.4. The second-order valence-corrected chi connectivity index (χ2v) is 7.04. The molecule has 25 heavy (non-hydrogen) atoms. The molecule has 4 heteroatoms. The van der Waals surface area contributed by atoms with Crippen molar-refractivity contribution in [3.63, 3.8) is 0 Å². The Labute approximate surface area is 150 Å². The van der Waals surface area contributed by atoms with Gasteiger partial charge in [-0.05, 0) is 55.1 Å². The number of piperidine rings is 1. The first kappa shape index (κ1) is 17.9. The van der Waals surface area contributed by atoms with Crippen LogP contribution in [0.25, 0.3) is 10.9 Å². The van der Waals surface area contributed by atoms with Crippen LogP contribution < -0.4 is 4.74 Å². The van der Waals surface area contributed by atoms with E-state index in [4.69, 9.17) is 4.74 Å². The van der Waals surface area contributed by atoms with E-state index in [1.807, 2.05) is 24.3 Å². The van der Waals surface area contributed by atoms with Gasteiger partial charge in [-0.25, -0.2) is 0 Å². The summed E-state index contributed by atoms with van der Waals surface area (Å²) in [7, 11) is 3.75. The first-order valence-electron chi connectivity index (χ1n) is 9.02. The highest BCUT2D eigenvalue weighted by Crippen LogP contribution is 2.37. The van der Waals surface area contributed by atoms with Crippen molar-refractivity contribution >= 4 is 10.9 Å². The Balaban J connectivity index is 1.96. The SMILES string of the molecule is C=CC1CN(C)C(C(O)c2ccnc3ccc(OC)cc23)CC1CC. The highest BCUT2D eigenvalue weighted by molar-refractivity contribution is 5.83. The first-order chi connectivity index (χ1) is 12.1. The van der Waals surface area contributed by atoms with Crippen molar-refractivity contribution in [3.8, 4) is 5.75 Å². The number of likely N-dealkylation sites (N-methyl/N-ethyl adjacent to an activating group) is 1. The summed E-state index contributed by atoms with van der Waals surface area (Å²) in [5.41, 5.74) is 1.81. The number of likely N-dealkylation sites (tertiary alicyclic amines) is 1. The molecule has 134 valence electrons. The van der Waals surface area contributed by atoms with Gasteiger partial charge in [-0.3, -0.25) is 9.88 Å². The van der Waals surface area contributed by atoms with Gasteiger partial charge in [0.1, 0.15) is 5.75 Å². The maximum atomic E-state index is 11.2. The lowest BCUT2D eigenvalue weighted by Crippen LogP contribution is -2.47. The predicted octanol–water partition coefficient (Wildman–Crippen LogP) is 3.81. The van der Waals surface area contributed by atoms with Gasteiger partial charge in [-0.1, -0.05) is 19.4 Å². The average Bonchev–Trinajstić information content (AvgIpc) is 2.66. The van der Waals surface area contributed by atoms with Gasteiger partial charge in [-0.15, -0.1) is 6.58 Å². The highest BCUT2D eigenvalue weighted by Gasteiger charge is 2.36. The quantitative estimate of drug-likeness (QED) is 0.841. The number of methoxy groups -OCH3 is 1. The molecule has 1 aliphatic rings. The maximum absolute atomic E-state index is 11.2. The lowest BCUT2D eigenvalue weighted by molar-refractivity contribution is 0.00748. The molecule has 1 fully saturated rings. The van der Waals surface area contributed by atoms with Crippen molar-refractivity contribution in [2.45, 2.75) is 31.9 Å². The summed E-state index contributed by atoms with van der Waals surface area (Å²) in [5, 5.41) is 12.2. The number of pyridine rings is 1. The molecule has 4 atom stereocenters. The summed E-state index contributed by atoms with van der Waals surface area (Å²) in [4.78, 5) is 6.70. The van der Waals surface area contributed by atoms with Crippen molar-refractivity contribution in [2.24, 2.45) is 11.8 Å². The second kappa shape index (κ2) is 7.54. The zero-order valence-electron chi connectivity index (χ0n) is 15.4. The van der Waals surface area contributed by atoms with Crippen LogP contribution in [0.5, 0.6) is 5.75 Å². The van der Waals surface area contributed by atoms with Gasteiger partial charge in [0.05, 0.1) is 18.7 Å². The lowest BCUT2D eigenvalue weighted by Gasteiger charge is -2.43. The van der Waals surface area contributed by atoms with Gasteiger partial charge in [-0.2, -0.15) is 0 Å². The van der Waals surface area contributed by atoms with Crippen LogP contribution in [0.4, 0.5) is 0 Å². The monoisotopic (exact) mass is 340 g/mol. The largest absolute Gasteiger partial charge is 0.497 e. The van der Waals surface area contributed by atoms with E-state index in [0.717, 1.165) is 41.6 Å². The third-order valence-corrected chi connectivity index (χ3v) is 5.71. The minimum Gasteiger partial charge on any atom is -0.497 e. The fourth-order valence-corrected chi connectivity index (χ4v) is 4.13. The Kier molecular flexibility index (Phi) is 5.40. The topological polar surface area (TPSA) is 45.6 Å². The van der Waals surface area contributed by atoms with Crippen LogP contribution in [0, 0.1) is 11.8 Å². The molecule has 0 amide bonds. The number of ether oxygens (including phenoxy) is 1. The smallest absolute Gasteiger partial charge is 0.119 e. The third-order valence-electron chi connectivity index (χ3n) is 5.71. The molecule has 2 heterocycles. The number of aromatic nitrogens is 1. The minimum atomic E-state index is -0.553. The molecular formula is C21H28N2O2. The van der Waals surface area contributed by atoms with E-state index in [2.05, 4.69) is 36.5 Å². The van der Waals surface area contributed by atoms with Crippen LogP contribution >= 0.6 is 0 Å². The molecule has 1 aromatic heterocycles. The van der Waals surface area contributed by atoms with E-state index in [0.29, 0.717) is 11.8 Å². The number of benzene rings is 1. The predicted molar refractivity (Wildman–Crippen MR) is 102 cm³/mol. The van der Waals surface area contributed by atoms with Crippen molar-refractivity contribution < 1.29 is 9.84 Å². The Bertz CT molecular complexity index is 746. The lowest BCUT2D eigenvalue weighted by atomic mass is 9.78. The summed E-state index contributed by atoms with van der Waals surface area (Å²) in [6.07, 6.45) is 5.37. The Morgan fingerprint density at radius 1 is 1.44 bits per heavy atom. The molecule has 1 aliphatic heterocycles. The van der Waals surface area contributed by atoms with Gasteiger partial charge < -0.3 is 9.84 Å². The molecule has 0 radical (unpaired) electrons. The number of hydrogen-bond donors (Lipinski definition) is 1. The van der Waals surface area contributed by atoms with Crippen LogP contribution in [0.3, 0.4) is 0 Å². The van der Waals surface area contributed by atoms with Gasteiger partial charge in [0.15, 0.2) is 0 Å². The summed E-state index contributed by atoms with van der Waals surface area (Å²) >= 11 is 0. The summed E-state index contributed by atoms with van der Waals surface area (Å²) in [5.74, 6) is 1.84. The van der Waals surface area contributed by atoms with E-state index in [9.17, 15) is 5.11 Å². The van der Waals surface area contributed by atoms with Crippen LogP contribution in [-0.2, 0) is 0 Å². The van der Waals surface area contributed by atoms with Gasteiger partial charge in [0.25, 0.3) is 0 Å². The fraction of sp³-hybridized carbons (Fsp3) is 0.476. The number of fused-ring (bicyclic) bond motifs is 1. The maximum Gasteiger partial charge on any atom is 0.119 e. The fourth-order valence-electron chi connectivity index (χ4n) is 4.13. The van der Waals surface area contributed by atoms with Crippen molar-refractivity contribution in [1.29, 1.82) is 0 Å². The van der Waals surface area contributed by atoms with Gasteiger partial charge >= 0.3 is 0 Å². The molecule has 1 N–H and O–H groups in total. The van der Waals surface area contributed by atoms with E-state index in [1.54, 1.807) is 13.3 Å². The number of aliphatic hydroxyl groups is 1. The highest BCUT2D eigenvalue weighted by atomic mass is 16.5. The number of hydrogen-bond acceptors (Lipinski definition) is 4. The second-order valence-electron chi connectivity index (χ2n) is 7.04. The molecule has 2 aromatic rings. The Morgan fingerprint density at radius 3 is 2.92 bits per heavy atom. The van der Waals surface area contributed by atoms with Crippen LogP contribution in [0.2, 0.25) is 0 Å². The summed E-state index contributed by atoms with van der Waals surface area (Å²) < 4.78 is 5.36. The van der Waals surface area contributed by atoms with E-state index in [1.165, 1.54) is 0 Å². The normalized spacial score (nSPS) is 25.7. The van der Waals surface area contributed by atoms with E-state index >= 15 is 0 Å². The molecule has 0 saturated carbocycles. The van der Waals surface area contributed by atoms with Crippen LogP contribution in [-0.4, -0.2) is 41.7 Å². The molecule has 0 bridgehead atoms. The summed E-state index contributed by atoms with van der Waals surface area (Å²) in [6, 6.07) is 7.84. The molecule has 4 unspecified atom stereocenters. The zero-order chi connectivity index (χ0) is 18.0. The standard InChI is InChI=1S/C21H28N2O2/c1-5-14-11-20(23(3)13-15(14)6-2)21(24)17-9-10-22-19-8-7-16(25-4)12-18(17)19/h6-10,12,14-15,20-21,24H,2,5,11,13H2,1,3-4H3. The third kappa shape index (κ3) is 3.42. The molecule has 0 aliphatic carbocycles. The number of nitrogens with zero attached hydrogens (tertiary/aromatic N) is 2. The van der Waals surface area contributed by atoms with E-state index in [-0.39, 0.29) is 6.04 Å². The molecule has 4 nitrogen and oxygen atoms in total. The van der Waals surface area contributed by atoms with Crippen molar-refractivity contribution in [3.05, 3.63) is 48.7 Å². The van der Waals surface area contributed by atoms with Crippen LogP contribution in [0.1, 0.15) is 31.4 Å². The van der Waals surface area contributed by atoms with Crippen molar-refractivity contribution in [2.75, 3.05) is 20.7 Å². The molecule has 1 saturated heterocycles. The molecular weight excluding hydrogens is 312 g/mol. The molecule has 3 rings (SSSR count). The number of aliphatic hydroxyl groups excluding tert-OH is 1. The first-order valence-corrected chi connectivity index (χ1v) is 9.02. The van der Waals surface area contributed by atoms with Gasteiger partial charge in [0, 0.05) is 24.2 Å². The molecule has 0 spiro atoms. The average molecular weight is 340 g/mol. The summed E-state index contributed by atoms with van der Waals surface area (Å²) in [6.45, 7) is 7.16. The van der Waals surface area contributed by atoms with E-state index < -0.39 is 6.10 Å². The Hall–Kier alpha value is -1.91.